The normalized spacial score (nSPS) is 16.3. The third kappa shape index (κ3) is 5.99. The maximum Gasteiger partial charge on any atom is 0.258 e. The number of ether oxygens (including phenoxy) is 1. The number of carbonyl (C=O) groups excluding carboxylic acids is 2. The maximum atomic E-state index is 11.7. The van der Waals surface area contributed by atoms with Gasteiger partial charge in [-0.15, -0.1) is 0 Å². The van der Waals surface area contributed by atoms with Crippen molar-refractivity contribution in [3.63, 3.8) is 0 Å². The molecule has 2 rings (SSSR count). The van der Waals surface area contributed by atoms with Gasteiger partial charge >= 0.3 is 0 Å². The van der Waals surface area contributed by atoms with Crippen LogP contribution in [0.4, 0.5) is 0 Å². The van der Waals surface area contributed by atoms with Crippen molar-refractivity contribution < 1.29 is 14.3 Å². The Morgan fingerprint density at radius 2 is 1.82 bits per heavy atom. The van der Waals surface area contributed by atoms with Gasteiger partial charge in [-0.2, -0.15) is 0 Å². The zero-order chi connectivity index (χ0) is 15.6. The van der Waals surface area contributed by atoms with Crippen molar-refractivity contribution in [1.82, 2.24) is 10.6 Å². The predicted octanol–water partition coefficient (Wildman–Crippen LogP) is 1.65. The first kappa shape index (κ1) is 16.1. The molecule has 5 nitrogen and oxygen atoms in total. The fourth-order valence-corrected chi connectivity index (χ4v) is 2.30. The molecule has 1 atom stereocenters. The van der Waals surface area contributed by atoms with E-state index in [-0.39, 0.29) is 18.4 Å². The van der Waals surface area contributed by atoms with Crippen molar-refractivity contribution in [2.45, 2.75) is 19.3 Å². The van der Waals surface area contributed by atoms with Crippen LogP contribution in [0, 0.1) is 5.92 Å². The van der Waals surface area contributed by atoms with E-state index in [9.17, 15) is 9.59 Å². The van der Waals surface area contributed by atoms with Gasteiger partial charge in [-0.1, -0.05) is 30.4 Å². The van der Waals surface area contributed by atoms with Gasteiger partial charge in [0.05, 0.1) is 0 Å². The first-order chi connectivity index (χ1) is 10.7. The van der Waals surface area contributed by atoms with Crippen molar-refractivity contribution in [2.24, 2.45) is 5.92 Å². The zero-order valence-corrected chi connectivity index (χ0v) is 12.6. The lowest BCUT2D eigenvalue weighted by atomic mass is 10.1. The molecule has 0 fully saturated rings. The van der Waals surface area contributed by atoms with Gasteiger partial charge in [-0.05, 0) is 30.9 Å². The van der Waals surface area contributed by atoms with Gasteiger partial charge in [-0.25, -0.2) is 0 Å². The second-order valence-electron chi connectivity index (χ2n) is 5.27. The largest absolute Gasteiger partial charge is 0.484 e. The van der Waals surface area contributed by atoms with Crippen molar-refractivity contribution in [2.75, 3.05) is 19.7 Å². The summed E-state index contributed by atoms with van der Waals surface area (Å²) in [5, 5.41) is 5.52. The molecule has 1 aliphatic rings. The lowest BCUT2D eigenvalue weighted by Gasteiger charge is -2.10. The van der Waals surface area contributed by atoms with Crippen LogP contribution >= 0.6 is 0 Å². The lowest BCUT2D eigenvalue weighted by molar-refractivity contribution is -0.124. The highest BCUT2D eigenvalue weighted by Gasteiger charge is 2.13. The number of nitrogens with one attached hydrogen (secondary N) is 2. The van der Waals surface area contributed by atoms with Gasteiger partial charge in [0.15, 0.2) is 6.61 Å². The molecule has 0 saturated heterocycles. The Kier molecular flexibility index (Phi) is 6.48. The molecule has 1 aromatic rings. The average molecular weight is 302 g/mol. The summed E-state index contributed by atoms with van der Waals surface area (Å²) in [7, 11) is 0. The fourth-order valence-electron chi connectivity index (χ4n) is 2.30. The van der Waals surface area contributed by atoms with Crippen LogP contribution in [-0.2, 0) is 9.59 Å². The molecule has 0 heterocycles. The summed E-state index contributed by atoms with van der Waals surface area (Å²) < 4.78 is 5.33. The Labute approximate surface area is 130 Å². The summed E-state index contributed by atoms with van der Waals surface area (Å²) in [4.78, 5) is 23.3. The molecule has 1 aromatic carbocycles. The smallest absolute Gasteiger partial charge is 0.258 e. The monoisotopic (exact) mass is 302 g/mol. The van der Waals surface area contributed by atoms with Gasteiger partial charge in [0.1, 0.15) is 5.75 Å². The van der Waals surface area contributed by atoms with Crippen LogP contribution in [0.2, 0.25) is 0 Å². The number of allylic oxidation sites excluding steroid dienone is 2. The Hall–Kier alpha value is -2.30. The minimum atomic E-state index is -0.197. The summed E-state index contributed by atoms with van der Waals surface area (Å²) in [5.74, 6) is 0.868. The van der Waals surface area contributed by atoms with E-state index in [1.54, 1.807) is 12.1 Å². The minimum Gasteiger partial charge on any atom is -0.484 e. The van der Waals surface area contributed by atoms with Gasteiger partial charge in [0, 0.05) is 19.5 Å². The summed E-state index contributed by atoms with van der Waals surface area (Å²) in [6, 6.07) is 9.18. The third-order valence-corrected chi connectivity index (χ3v) is 3.44. The molecule has 0 spiro atoms. The standard InChI is InChI=1S/C17H22N2O3/c20-16(12-14-6-4-5-7-14)18-10-11-19-17(21)13-22-15-8-2-1-3-9-15/h1-4,6,8-9,14H,5,7,10-13H2,(H,18,20)(H,19,21)/t14-/m1/s1. The Bertz CT molecular complexity index is 514. The van der Waals surface area contributed by atoms with E-state index in [2.05, 4.69) is 22.8 Å². The first-order valence-electron chi connectivity index (χ1n) is 7.62. The molecular formula is C17H22N2O3. The molecule has 2 amide bonds. The Balaban J connectivity index is 1.51. The van der Waals surface area contributed by atoms with Crippen molar-refractivity contribution in [1.29, 1.82) is 0 Å². The van der Waals surface area contributed by atoms with E-state index in [0.29, 0.717) is 31.2 Å². The van der Waals surface area contributed by atoms with E-state index in [0.717, 1.165) is 12.8 Å². The van der Waals surface area contributed by atoms with Crippen molar-refractivity contribution in [3.8, 4) is 5.75 Å². The Morgan fingerprint density at radius 1 is 1.09 bits per heavy atom. The molecule has 0 aliphatic heterocycles. The van der Waals surface area contributed by atoms with Crippen LogP contribution < -0.4 is 15.4 Å². The summed E-state index contributed by atoms with van der Waals surface area (Å²) in [6.07, 6.45) is 6.87. The second-order valence-corrected chi connectivity index (χ2v) is 5.27. The van der Waals surface area contributed by atoms with E-state index in [1.165, 1.54) is 0 Å². The summed E-state index contributed by atoms with van der Waals surface area (Å²) >= 11 is 0. The van der Waals surface area contributed by atoms with E-state index < -0.39 is 0 Å². The van der Waals surface area contributed by atoms with Crippen LogP contribution in [0.15, 0.2) is 42.5 Å². The molecule has 5 heteroatoms. The fraction of sp³-hybridized carbons (Fsp3) is 0.412. The van der Waals surface area contributed by atoms with Crippen LogP contribution in [-0.4, -0.2) is 31.5 Å². The molecule has 0 unspecified atom stereocenters. The number of carbonyl (C=O) groups is 2. The van der Waals surface area contributed by atoms with E-state index in [1.807, 2.05) is 18.2 Å². The predicted molar refractivity (Wildman–Crippen MR) is 84.4 cm³/mol. The first-order valence-corrected chi connectivity index (χ1v) is 7.62. The second kappa shape index (κ2) is 8.87. The maximum absolute atomic E-state index is 11.7. The number of para-hydroxylation sites is 1. The molecule has 1 aliphatic carbocycles. The van der Waals surface area contributed by atoms with Gasteiger partial charge in [-0.3, -0.25) is 9.59 Å². The molecule has 0 aromatic heterocycles. The van der Waals surface area contributed by atoms with Crippen molar-refractivity contribution in [3.05, 3.63) is 42.5 Å². The van der Waals surface area contributed by atoms with E-state index in [4.69, 9.17) is 4.74 Å². The molecular weight excluding hydrogens is 280 g/mol. The minimum absolute atomic E-state index is 0.0230. The van der Waals surface area contributed by atoms with Crippen LogP contribution in [0.25, 0.3) is 0 Å². The molecule has 22 heavy (non-hydrogen) atoms. The van der Waals surface area contributed by atoms with Crippen molar-refractivity contribution >= 4 is 11.8 Å². The summed E-state index contributed by atoms with van der Waals surface area (Å²) in [5.41, 5.74) is 0. The number of hydrogen-bond acceptors (Lipinski definition) is 3. The van der Waals surface area contributed by atoms with Gasteiger partial charge in [0.25, 0.3) is 5.91 Å². The highest BCUT2D eigenvalue weighted by molar-refractivity contribution is 5.78. The molecule has 118 valence electrons. The van der Waals surface area contributed by atoms with Crippen LogP contribution in [0.5, 0.6) is 5.75 Å². The molecule has 0 bridgehead atoms. The molecule has 0 radical (unpaired) electrons. The Morgan fingerprint density at radius 3 is 2.50 bits per heavy atom. The summed E-state index contributed by atoms with van der Waals surface area (Å²) in [6.45, 7) is 0.820. The quantitative estimate of drug-likeness (QED) is 0.567. The average Bonchev–Trinajstić information content (AvgIpc) is 3.03. The number of amides is 2. The highest BCUT2D eigenvalue weighted by Crippen LogP contribution is 2.19. The number of benzene rings is 1. The van der Waals surface area contributed by atoms with Gasteiger partial charge < -0.3 is 15.4 Å². The number of rotatable bonds is 8. The zero-order valence-electron chi connectivity index (χ0n) is 12.6. The SMILES string of the molecule is O=C(COc1ccccc1)NCCNC(=O)C[C@@H]1C=CCC1. The lowest BCUT2D eigenvalue weighted by Crippen LogP contribution is -2.37. The van der Waals surface area contributed by atoms with Gasteiger partial charge in [0.2, 0.25) is 5.91 Å². The topological polar surface area (TPSA) is 67.4 Å². The van der Waals surface area contributed by atoms with Crippen LogP contribution in [0.1, 0.15) is 19.3 Å². The molecule has 0 saturated carbocycles. The van der Waals surface area contributed by atoms with Crippen LogP contribution in [0.3, 0.4) is 0 Å². The highest BCUT2D eigenvalue weighted by atomic mass is 16.5. The number of hydrogen-bond donors (Lipinski definition) is 2. The third-order valence-electron chi connectivity index (χ3n) is 3.44. The molecule has 2 N–H and O–H groups in total. The van der Waals surface area contributed by atoms with E-state index >= 15 is 0 Å².